The molecular formula is C26H31NO3. The average Bonchev–Trinajstić information content (AvgIpc) is 3.48. The topological polar surface area (TPSA) is 49.8 Å². The largest absolute Gasteiger partial charge is 0.508 e. The molecule has 5 atom stereocenters. The summed E-state index contributed by atoms with van der Waals surface area (Å²) >= 11 is 0. The van der Waals surface area contributed by atoms with Crippen LogP contribution in [-0.2, 0) is 26.8 Å². The maximum atomic E-state index is 12.8. The lowest BCUT2D eigenvalue weighted by Gasteiger charge is -2.54. The molecule has 4 nitrogen and oxygen atoms in total. The van der Waals surface area contributed by atoms with Crippen molar-refractivity contribution in [2.75, 3.05) is 20.2 Å². The summed E-state index contributed by atoms with van der Waals surface area (Å²) in [5, 5.41) is 10.1. The molecule has 2 bridgehead atoms. The van der Waals surface area contributed by atoms with E-state index in [0.717, 1.165) is 37.9 Å². The predicted octanol–water partition coefficient (Wildman–Crippen LogP) is 4.05. The van der Waals surface area contributed by atoms with Crippen molar-refractivity contribution in [3.63, 3.8) is 0 Å². The number of hydrogen-bond donors (Lipinski definition) is 1. The number of rotatable bonds is 4. The number of hydrogen-bond acceptors (Lipinski definition) is 4. The third-order valence-electron chi connectivity index (χ3n) is 8.51. The second kappa shape index (κ2) is 6.84. The van der Waals surface area contributed by atoms with Gasteiger partial charge in [-0.15, -0.1) is 0 Å². The first kappa shape index (κ1) is 19.6. The van der Waals surface area contributed by atoms with Crippen LogP contribution in [-0.4, -0.2) is 42.2 Å². The predicted molar refractivity (Wildman–Crippen MR) is 117 cm³/mol. The molecule has 3 aliphatic rings. The Morgan fingerprint density at radius 1 is 1.23 bits per heavy atom. The highest BCUT2D eigenvalue weighted by Crippen LogP contribution is 2.57. The van der Waals surface area contributed by atoms with Gasteiger partial charge in [0.25, 0.3) is 0 Å². The van der Waals surface area contributed by atoms with E-state index in [1.54, 1.807) is 0 Å². The summed E-state index contributed by atoms with van der Waals surface area (Å²) in [7, 11) is 1.50. The Balaban J connectivity index is 1.41. The number of aromatic hydroxyl groups is 1. The van der Waals surface area contributed by atoms with Crippen LogP contribution in [0.5, 0.6) is 5.75 Å². The van der Waals surface area contributed by atoms with Crippen molar-refractivity contribution in [3.8, 4) is 5.75 Å². The minimum absolute atomic E-state index is 0.0932. The quantitative estimate of drug-likeness (QED) is 0.780. The van der Waals surface area contributed by atoms with Gasteiger partial charge < -0.3 is 9.84 Å². The lowest BCUT2D eigenvalue weighted by Crippen LogP contribution is -2.58. The fraction of sp³-hybridized carbons (Fsp3) is 0.500. The van der Waals surface area contributed by atoms with Crippen LogP contribution >= 0.6 is 0 Å². The van der Waals surface area contributed by atoms with Gasteiger partial charge in [0.1, 0.15) is 5.75 Å². The molecule has 1 N–H and O–H groups in total. The maximum absolute atomic E-state index is 12.8. The van der Waals surface area contributed by atoms with Crippen LogP contribution in [0.1, 0.15) is 43.4 Å². The van der Waals surface area contributed by atoms with Crippen molar-refractivity contribution in [2.45, 2.75) is 50.0 Å². The van der Waals surface area contributed by atoms with Crippen LogP contribution in [0.25, 0.3) is 0 Å². The van der Waals surface area contributed by atoms with E-state index in [2.05, 4.69) is 36.9 Å². The second-order valence-electron chi connectivity index (χ2n) is 9.79. The van der Waals surface area contributed by atoms with E-state index >= 15 is 0 Å². The SMILES string of the molecule is COC(=O)[C@]1(c2ccccc2)C[C@@H]1CN1CC[C@@]2(C)c3cc(O)ccc3CC1C2C. The number of piperidine rings is 1. The van der Waals surface area contributed by atoms with E-state index in [9.17, 15) is 9.90 Å². The van der Waals surface area contributed by atoms with E-state index in [4.69, 9.17) is 4.74 Å². The van der Waals surface area contributed by atoms with Gasteiger partial charge in [-0.2, -0.15) is 0 Å². The van der Waals surface area contributed by atoms with Crippen molar-refractivity contribution in [1.29, 1.82) is 0 Å². The number of carbonyl (C=O) groups excluding carboxylic acids is 1. The van der Waals surface area contributed by atoms with Crippen LogP contribution in [0.2, 0.25) is 0 Å². The number of esters is 1. The number of carbonyl (C=O) groups is 1. The zero-order valence-electron chi connectivity index (χ0n) is 18.1. The van der Waals surface area contributed by atoms with Gasteiger partial charge in [-0.3, -0.25) is 9.69 Å². The Morgan fingerprint density at radius 2 is 2.00 bits per heavy atom. The third kappa shape index (κ3) is 2.73. The molecule has 2 fully saturated rings. The average molecular weight is 406 g/mol. The van der Waals surface area contributed by atoms with Gasteiger partial charge in [0, 0.05) is 12.6 Å². The van der Waals surface area contributed by atoms with Gasteiger partial charge in [0.15, 0.2) is 0 Å². The molecular weight excluding hydrogens is 374 g/mol. The van der Waals surface area contributed by atoms with Crippen LogP contribution in [0, 0.1) is 11.8 Å². The summed E-state index contributed by atoms with van der Waals surface area (Å²) in [6, 6.07) is 16.5. The van der Waals surface area contributed by atoms with Crippen molar-refractivity contribution in [2.24, 2.45) is 11.8 Å². The normalized spacial score (nSPS) is 34.8. The van der Waals surface area contributed by atoms with Gasteiger partial charge >= 0.3 is 5.97 Å². The molecule has 5 rings (SSSR count). The summed E-state index contributed by atoms with van der Waals surface area (Å²) in [5.41, 5.74) is 3.38. The van der Waals surface area contributed by atoms with Crippen molar-refractivity contribution < 1.29 is 14.6 Å². The van der Waals surface area contributed by atoms with Crippen LogP contribution in [0.4, 0.5) is 0 Å². The summed E-state index contributed by atoms with van der Waals surface area (Å²) in [4.78, 5) is 15.4. The Hall–Kier alpha value is -2.33. The van der Waals surface area contributed by atoms with Gasteiger partial charge in [-0.25, -0.2) is 0 Å². The summed E-state index contributed by atoms with van der Waals surface area (Å²) in [5.74, 6) is 1.07. The molecule has 2 aromatic rings. The van der Waals surface area contributed by atoms with Crippen molar-refractivity contribution in [3.05, 3.63) is 65.2 Å². The highest BCUT2D eigenvalue weighted by atomic mass is 16.5. The molecule has 1 saturated carbocycles. The lowest BCUT2D eigenvalue weighted by atomic mass is 9.59. The number of benzene rings is 2. The molecule has 0 radical (unpaired) electrons. The highest BCUT2D eigenvalue weighted by molar-refractivity contribution is 5.87. The van der Waals surface area contributed by atoms with Gasteiger partial charge in [0.2, 0.25) is 0 Å². The first-order valence-corrected chi connectivity index (χ1v) is 11.1. The smallest absolute Gasteiger partial charge is 0.316 e. The molecule has 1 aliphatic heterocycles. The Kier molecular flexibility index (Phi) is 4.48. The number of methoxy groups -OCH3 is 1. The summed E-state index contributed by atoms with van der Waals surface area (Å²) in [6.45, 7) is 6.69. The van der Waals surface area contributed by atoms with E-state index in [0.29, 0.717) is 23.6 Å². The molecule has 1 saturated heterocycles. The molecule has 4 heteroatoms. The first-order chi connectivity index (χ1) is 14.4. The minimum atomic E-state index is -0.488. The molecule has 1 heterocycles. The van der Waals surface area contributed by atoms with Crippen LogP contribution < -0.4 is 0 Å². The van der Waals surface area contributed by atoms with Gasteiger partial charge in [0.05, 0.1) is 12.5 Å². The number of phenolic OH excluding ortho intramolecular Hbond substituents is 1. The summed E-state index contributed by atoms with van der Waals surface area (Å²) < 4.78 is 5.25. The Morgan fingerprint density at radius 3 is 2.73 bits per heavy atom. The lowest BCUT2D eigenvalue weighted by molar-refractivity contribution is -0.144. The zero-order chi connectivity index (χ0) is 21.1. The number of likely N-dealkylation sites (tertiary alicyclic amines) is 1. The zero-order valence-corrected chi connectivity index (χ0v) is 18.1. The van der Waals surface area contributed by atoms with E-state index < -0.39 is 5.41 Å². The third-order valence-corrected chi connectivity index (χ3v) is 8.51. The standard InChI is InChI=1S/C26H31NO3/c1-17-23-13-18-9-10-21(28)14-22(18)25(17,2)11-12-27(23)16-20-15-26(20,24(29)30-3)19-7-5-4-6-8-19/h4-10,14,17,20,23,28H,11-13,15-16H2,1-3H3/t17?,20-,23?,25-,26+/m1/s1. The van der Waals surface area contributed by atoms with Crippen molar-refractivity contribution in [1.82, 2.24) is 4.90 Å². The van der Waals surface area contributed by atoms with Crippen LogP contribution in [0.15, 0.2) is 48.5 Å². The van der Waals surface area contributed by atoms with E-state index in [-0.39, 0.29) is 11.4 Å². The number of nitrogens with zero attached hydrogens (tertiary/aromatic N) is 1. The monoisotopic (exact) mass is 405 g/mol. The minimum Gasteiger partial charge on any atom is -0.508 e. The number of phenols is 1. The van der Waals surface area contributed by atoms with Gasteiger partial charge in [-0.1, -0.05) is 50.2 Å². The van der Waals surface area contributed by atoms with E-state index in [1.807, 2.05) is 30.3 Å². The first-order valence-electron chi connectivity index (χ1n) is 11.1. The fourth-order valence-corrected chi connectivity index (χ4v) is 6.39. The molecule has 0 aromatic heterocycles. The van der Waals surface area contributed by atoms with Gasteiger partial charge in [-0.05, 0) is 71.9 Å². The molecule has 30 heavy (non-hydrogen) atoms. The Labute approximate surface area is 178 Å². The number of fused-ring (bicyclic) bond motifs is 4. The fourth-order valence-electron chi connectivity index (χ4n) is 6.39. The molecule has 2 aromatic carbocycles. The van der Waals surface area contributed by atoms with Crippen LogP contribution in [0.3, 0.4) is 0 Å². The van der Waals surface area contributed by atoms with Crippen molar-refractivity contribution >= 4 is 5.97 Å². The molecule has 2 aliphatic carbocycles. The molecule has 158 valence electrons. The maximum Gasteiger partial charge on any atom is 0.316 e. The molecule has 0 amide bonds. The Bertz CT molecular complexity index is 973. The second-order valence-corrected chi connectivity index (χ2v) is 9.79. The summed E-state index contributed by atoms with van der Waals surface area (Å²) in [6.07, 6.45) is 2.95. The number of ether oxygens (including phenoxy) is 1. The molecule has 2 unspecified atom stereocenters. The van der Waals surface area contributed by atoms with E-state index in [1.165, 1.54) is 18.2 Å². The molecule has 0 spiro atoms. The highest BCUT2D eigenvalue weighted by Gasteiger charge is 2.63.